The fourth-order valence-corrected chi connectivity index (χ4v) is 2.99. The lowest BCUT2D eigenvalue weighted by Crippen LogP contribution is -2.37. The first-order chi connectivity index (χ1) is 11.2. The molecule has 2 aromatic carbocycles. The van der Waals surface area contributed by atoms with Crippen molar-refractivity contribution in [3.8, 4) is 0 Å². The van der Waals surface area contributed by atoms with Crippen molar-refractivity contribution in [3.63, 3.8) is 0 Å². The van der Waals surface area contributed by atoms with Gasteiger partial charge in [0.1, 0.15) is 6.10 Å². The highest BCUT2D eigenvalue weighted by atomic mass is 16.6. The Morgan fingerprint density at radius 1 is 1.09 bits per heavy atom. The van der Waals surface area contributed by atoms with E-state index in [1.165, 1.54) is 0 Å². The van der Waals surface area contributed by atoms with Gasteiger partial charge in [0.05, 0.1) is 12.3 Å². The third-order valence-corrected chi connectivity index (χ3v) is 4.11. The highest BCUT2D eigenvalue weighted by Crippen LogP contribution is 2.37. The summed E-state index contributed by atoms with van der Waals surface area (Å²) in [5.41, 5.74) is 1.70. The Hall–Kier alpha value is -2.62. The molecule has 1 aliphatic heterocycles. The second kappa shape index (κ2) is 6.65. The van der Waals surface area contributed by atoms with Gasteiger partial charge in [-0.2, -0.15) is 0 Å². The molecular weight excluding hydrogens is 290 g/mol. The standard InChI is InChI=1S/C19H19NO3/c1-2-20(15-11-7-4-8-12-15)19(22)16-13-17(21)23-18(16)14-9-5-3-6-10-14/h3-12,16,18H,2,13H2,1H3/t16-,18+/m0/s1. The minimum atomic E-state index is -0.506. The summed E-state index contributed by atoms with van der Waals surface area (Å²) in [7, 11) is 0. The van der Waals surface area contributed by atoms with Gasteiger partial charge in [-0.15, -0.1) is 0 Å². The summed E-state index contributed by atoms with van der Waals surface area (Å²) in [4.78, 5) is 26.5. The molecule has 1 fully saturated rings. The lowest BCUT2D eigenvalue weighted by Gasteiger charge is -2.26. The van der Waals surface area contributed by atoms with E-state index in [9.17, 15) is 9.59 Å². The van der Waals surface area contributed by atoms with E-state index < -0.39 is 12.0 Å². The summed E-state index contributed by atoms with van der Waals surface area (Å²) in [5.74, 6) is -0.871. The van der Waals surface area contributed by atoms with Crippen LogP contribution in [0.5, 0.6) is 0 Å². The minimum absolute atomic E-state index is 0.0709. The van der Waals surface area contributed by atoms with Gasteiger partial charge in [-0.3, -0.25) is 9.59 Å². The lowest BCUT2D eigenvalue weighted by atomic mass is 9.93. The Bertz CT molecular complexity index is 684. The number of anilines is 1. The van der Waals surface area contributed by atoms with Crippen LogP contribution in [-0.4, -0.2) is 18.4 Å². The molecule has 0 bridgehead atoms. The molecule has 1 amide bonds. The number of rotatable bonds is 4. The minimum Gasteiger partial charge on any atom is -0.457 e. The maximum absolute atomic E-state index is 13.0. The van der Waals surface area contributed by atoms with Crippen LogP contribution >= 0.6 is 0 Å². The SMILES string of the molecule is CCN(C(=O)[C@H]1CC(=O)O[C@@H]1c1ccccc1)c1ccccc1. The quantitative estimate of drug-likeness (QED) is 0.814. The van der Waals surface area contributed by atoms with Crippen molar-refractivity contribution >= 4 is 17.6 Å². The molecule has 3 rings (SSSR count). The van der Waals surface area contributed by atoms with Gasteiger partial charge in [0, 0.05) is 12.2 Å². The molecule has 0 saturated carbocycles. The van der Waals surface area contributed by atoms with Crippen molar-refractivity contribution in [2.75, 3.05) is 11.4 Å². The maximum atomic E-state index is 13.0. The van der Waals surface area contributed by atoms with E-state index in [1.807, 2.05) is 67.6 Å². The average molecular weight is 309 g/mol. The molecule has 118 valence electrons. The summed E-state index contributed by atoms with van der Waals surface area (Å²) in [6, 6.07) is 19.0. The third kappa shape index (κ3) is 3.11. The molecule has 0 radical (unpaired) electrons. The predicted octanol–water partition coefficient (Wildman–Crippen LogP) is 3.34. The van der Waals surface area contributed by atoms with Crippen LogP contribution in [0.1, 0.15) is 25.0 Å². The van der Waals surface area contributed by atoms with Gasteiger partial charge in [-0.1, -0.05) is 48.5 Å². The summed E-state index contributed by atoms with van der Waals surface area (Å²) in [6.45, 7) is 2.48. The molecule has 4 heteroatoms. The van der Waals surface area contributed by atoms with Crippen LogP contribution in [-0.2, 0) is 14.3 Å². The monoisotopic (exact) mass is 309 g/mol. The number of hydrogen-bond acceptors (Lipinski definition) is 3. The van der Waals surface area contributed by atoms with E-state index in [0.29, 0.717) is 6.54 Å². The topological polar surface area (TPSA) is 46.6 Å². The van der Waals surface area contributed by atoms with Gasteiger partial charge in [0.15, 0.2) is 0 Å². The molecule has 0 unspecified atom stereocenters. The van der Waals surface area contributed by atoms with Gasteiger partial charge in [0.2, 0.25) is 5.91 Å². The third-order valence-electron chi connectivity index (χ3n) is 4.11. The Kier molecular flexibility index (Phi) is 4.42. The molecule has 0 aliphatic carbocycles. The molecule has 0 N–H and O–H groups in total. The first-order valence-corrected chi connectivity index (χ1v) is 7.81. The van der Waals surface area contributed by atoms with Gasteiger partial charge >= 0.3 is 5.97 Å². The lowest BCUT2D eigenvalue weighted by molar-refractivity contribution is -0.141. The highest BCUT2D eigenvalue weighted by Gasteiger charge is 2.42. The van der Waals surface area contributed by atoms with Gasteiger partial charge in [-0.25, -0.2) is 0 Å². The van der Waals surface area contributed by atoms with E-state index >= 15 is 0 Å². The fourth-order valence-electron chi connectivity index (χ4n) is 2.99. The second-order valence-electron chi connectivity index (χ2n) is 5.55. The van der Waals surface area contributed by atoms with Crippen molar-refractivity contribution in [2.24, 2.45) is 5.92 Å². The molecule has 4 nitrogen and oxygen atoms in total. The second-order valence-corrected chi connectivity index (χ2v) is 5.55. The molecular formula is C19H19NO3. The number of hydrogen-bond donors (Lipinski definition) is 0. The van der Waals surface area contributed by atoms with Gasteiger partial charge < -0.3 is 9.64 Å². The van der Waals surface area contributed by atoms with Crippen LogP contribution in [0.25, 0.3) is 0 Å². The zero-order chi connectivity index (χ0) is 16.2. The number of carbonyl (C=O) groups excluding carboxylic acids is 2. The van der Waals surface area contributed by atoms with Crippen LogP contribution in [0.2, 0.25) is 0 Å². The molecule has 1 saturated heterocycles. The molecule has 1 heterocycles. The van der Waals surface area contributed by atoms with Crippen LogP contribution in [0.3, 0.4) is 0 Å². The van der Waals surface area contributed by atoms with Crippen LogP contribution < -0.4 is 4.90 Å². The molecule has 2 atom stereocenters. The fraction of sp³-hybridized carbons (Fsp3) is 0.263. The van der Waals surface area contributed by atoms with Crippen molar-refractivity contribution < 1.29 is 14.3 Å². The summed E-state index contributed by atoms with van der Waals surface area (Å²) < 4.78 is 5.43. The normalized spacial score (nSPS) is 20.1. The summed E-state index contributed by atoms with van der Waals surface area (Å²) in [6.07, 6.45) is -0.379. The molecule has 1 aliphatic rings. The smallest absolute Gasteiger partial charge is 0.307 e. The van der Waals surface area contributed by atoms with Crippen LogP contribution in [0, 0.1) is 5.92 Å². The van der Waals surface area contributed by atoms with E-state index in [4.69, 9.17) is 4.74 Å². The number of para-hydroxylation sites is 1. The number of benzene rings is 2. The van der Waals surface area contributed by atoms with Crippen molar-refractivity contribution in [2.45, 2.75) is 19.4 Å². The number of cyclic esters (lactones) is 1. The summed E-state index contributed by atoms with van der Waals surface area (Å²) >= 11 is 0. The number of carbonyl (C=O) groups is 2. The maximum Gasteiger partial charge on any atom is 0.307 e. The molecule has 23 heavy (non-hydrogen) atoms. The van der Waals surface area contributed by atoms with Crippen LogP contribution in [0.4, 0.5) is 5.69 Å². The Balaban J connectivity index is 1.89. The van der Waals surface area contributed by atoms with Gasteiger partial charge in [-0.05, 0) is 24.6 Å². The van der Waals surface area contributed by atoms with E-state index in [0.717, 1.165) is 11.3 Å². The number of nitrogens with zero attached hydrogens (tertiary/aromatic N) is 1. The summed E-state index contributed by atoms with van der Waals surface area (Å²) in [5, 5.41) is 0. The van der Waals surface area contributed by atoms with Gasteiger partial charge in [0.25, 0.3) is 0 Å². The van der Waals surface area contributed by atoms with Crippen LogP contribution in [0.15, 0.2) is 60.7 Å². The first-order valence-electron chi connectivity index (χ1n) is 7.81. The Morgan fingerprint density at radius 3 is 2.30 bits per heavy atom. The predicted molar refractivity (Wildman–Crippen MR) is 87.9 cm³/mol. The molecule has 0 aromatic heterocycles. The molecule has 2 aromatic rings. The van der Waals surface area contributed by atoms with E-state index in [2.05, 4.69) is 0 Å². The molecule has 0 spiro atoms. The van der Waals surface area contributed by atoms with E-state index in [-0.39, 0.29) is 18.3 Å². The Morgan fingerprint density at radius 2 is 1.70 bits per heavy atom. The zero-order valence-corrected chi connectivity index (χ0v) is 13.0. The number of ether oxygens (including phenoxy) is 1. The van der Waals surface area contributed by atoms with E-state index in [1.54, 1.807) is 4.90 Å². The van der Waals surface area contributed by atoms with Crippen molar-refractivity contribution in [1.82, 2.24) is 0 Å². The number of esters is 1. The van der Waals surface area contributed by atoms with Crippen molar-refractivity contribution in [3.05, 3.63) is 66.2 Å². The zero-order valence-electron chi connectivity index (χ0n) is 13.0. The largest absolute Gasteiger partial charge is 0.457 e. The first kappa shape index (κ1) is 15.3. The number of amides is 1. The highest BCUT2D eigenvalue weighted by molar-refractivity contribution is 5.98. The Labute approximate surface area is 135 Å². The van der Waals surface area contributed by atoms with Crippen molar-refractivity contribution in [1.29, 1.82) is 0 Å². The average Bonchev–Trinajstić information content (AvgIpc) is 2.99.